The normalized spacial score (nSPS) is 16.3. The second-order valence-electron chi connectivity index (χ2n) is 10.7. The minimum atomic E-state index is -4.73. The standard InChI is InChI=1S/C31H25F3N6O2S/c32-31(33,34)24-14-19(4-3-18-5-6-21-15-35-8-7-20(21)12-18)13-22-23(24)16-40(29(22)42)27(28(41)38-30-36-9-11-43-30)26-25-2-1-10-39(25)17-37-26/h5-6,9,11-14,17,27,35H,1-2,7-8,10,15-16H2,(H,36,38,41). The van der Waals surface area contributed by atoms with Gasteiger partial charge in [0.15, 0.2) is 11.2 Å². The Kier molecular flexibility index (Phi) is 6.79. The van der Waals surface area contributed by atoms with Gasteiger partial charge < -0.3 is 14.8 Å². The zero-order valence-electron chi connectivity index (χ0n) is 22.8. The van der Waals surface area contributed by atoms with E-state index >= 15 is 0 Å². The summed E-state index contributed by atoms with van der Waals surface area (Å²) in [5, 5.41) is 8.04. The molecule has 8 nitrogen and oxygen atoms in total. The minimum Gasteiger partial charge on any atom is -0.334 e. The third-order valence-electron chi connectivity index (χ3n) is 8.09. The summed E-state index contributed by atoms with van der Waals surface area (Å²) in [6, 6.07) is 6.93. The van der Waals surface area contributed by atoms with Crippen LogP contribution in [0, 0.1) is 11.8 Å². The smallest absolute Gasteiger partial charge is 0.334 e. The molecule has 5 heterocycles. The number of hydrogen-bond acceptors (Lipinski definition) is 6. The number of imidazole rings is 1. The van der Waals surface area contributed by atoms with Crippen molar-refractivity contribution >= 4 is 28.3 Å². The number of thiazole rings is 1. The van der Waals surface area contributed by atoms with E-state index in [0.29, 0.717) is 22.8 Å². The summed E-state index contributed by atoms with van der Waals surface area (Å²) in [7, 11) is 0. The van der Waals surface area contributed by atoms with Gasteiger partial charge in [0.05, 0.1) is 17.6 Å². The van der Waals surface area contributed by atoms with Gasteiger partial charge in [-0.1, -0.05) is 17.9 Å². The first-order valence-corrected chi connectivity index (χ1v) is 14.8. The van der Waals surface area contributed by atoms with Gasteiger partial charge in [-0.05, 0) is 66.8 Å². The van der Waals surface area contributed by atoms with Crippen LogP contribution in [0.25, 0.3) is 0 Å². The van der Waals surface area contributed by atoms with Crippen molar-refractivity contribution in [2.75, 3.05) is 11.9 Å². The highest BCUT2D eigenvalue weighted by Crippen LogP contribution is 2.41. The van der Waals surface area contributed by atoms with Gasteiger partial charge >= 0.3 is 6.18 Å². The van der Waals surface area contributed by atoms with Crippen LogP contribution in [0.2, 0.25) is 0 Å². The number of carbonyl (C=O) groups is 2. The minimum absolute atomic E-state index is 0.0762. The molecule has 0 saturated carbocycles. The molecule has 0 fully saturated rings. The number of hydrogen-bond donors (Lipinski definition) is 2. The predicted molar refractivity (Wildman–Crippen MR) is 153 cm³/mol. The van der Waals surface area contributed by atoms with E-state index in [2.05, 4.69) is 32.4 Å². The van der Waals surface area contributed by atoms with Gasteiger partial charge in [-0.3, -0.25) is 14.9 Å². The molecule has 2 amide bonds. The number of anilines is 1. The number of nitrogens with one attached hydrogen (secondary N) is 2. The highest BCUT2D eigenvalue weighted by atomic mass is 32.1. The molecular weight excluding hydrogens is 577 g/mol. The van der Waals surface area contributed by atoms with Crippen LogP contribution in [-0.2, 0) is 43.4 Å². The topological polar surface area (TPSA) is 92.2 Å². The molecule has 4 aromatic rings. The van der Waals surface area contributed by atoms with Crippen LogP contribution in [0.5, 0.6) is 0 Å². The van der Waals surface area contributed by atoms with Gasteiger partial charge in [-0.2, -0.15) is 13.2 Å². The Bertz CT molecular complexity index is 1820. The van der Waals surface area contributed by atoms with Crippen LogP contribution < -0.4 is 10.6 Å². The van der Waals surface area contributed by atoms with E-state index in [1.807, 2.05) is 22.8 Å². The molecule has 1 unspecified atom stereocenters. The number of nitrogens with zero attached hydrogens (tertiary/aromatic N) is 4. The Labute approximate surface area is 249 Å². The Morgan fingerprint density at radius 3 is 2.77 bits per heavy atom. The van der Waals surface area contributed by atoms with E-state index < -0.39 is 36.1 Å². The summed E-state index contributed by atoms with van der Waals surface area (Å²) >= 11 is 1.20. The van der Waals surface area contributed by atoms with E-state index in [1.165, 1.54) is 34.1 Å². The number of rotatable bonds is 4. The van der Waals surface area contributed by atoms with E-state index in [-0.39, 0.29) is 16.7 Å². The van der Waals surface area contributed by atoms with Crippen LogP contribution in [0.1, 0.15) is 67.6 Å². The molecule has 0 bridgehead atoms. The molecular formula is C31H25F3N6O2S. The Hall–Kier alpha value is -4.47. The molecule has 3 aliphatic rings. The van der Waals surface area contributed by atoms with Gasteiger partial charge in [-0.25, -0.2) is 9.97 Å². The van der Waals surface area contributed by atoms with Crippen molar-refractivity contribution in [3.8, 4) is 11.8 Å². The number of halogens is 3. The molecule has 2 aromatic heterocycles. The SMILES string of the molecule is O=C(Nc1nccs1)C(c1ncn2c1CCC2)N1Cc2c(cc(C#Cc3ccc4c(c3)CCNC4)cc2C(F)(F)F)C1=O. The molecule has 0 aliphatic carbocycles. The average Bonchev–Trinajstić information content (AvgIpc) is 3.79. The summed E-state index contributed by atoms with van der Waals surface area (Å²) < 4.78 is 45.1. The fraction of sp³-hybridized carbons (Fsp3) is 0.290. The second kappa shape index (κ2) is 10.7. The monoisotopic (exact) mass is 602 g/mol. The third kappa shape index (κ3) is 5.08. The lowest BCUT2D eigenvalue weighted by Gasteiger charge is -2.26. The molecule has 7 rings (SSSR count). The lowest BCUT2D eigenvalue weighted by Crippen LogP contribution is -2.38. The van der Waals surface area contributed by atoms with E-state index in [0.717, 1.165) is 49.8 Å². The van der Waals surface area contributed by atoms with Crippen molar-refractivity contribution in [2.24, 2.45) is 0 Å². The molecule has 0 spiro atoms. The first-order valence-electron chi connectivity index (χ1n) is 13.9. The van der Waals surface area contributed by atoms with Gasteiger partial charge in [-0.15, -0.1) is 11.3 Å². The number of aromatic nitrogens is 3. The number of fused-ring (bicyclic) bond motifs is 3. The number of aryl methyl sites for hydroxylation is 1. The number of benzene rings is 2. The lowest BCUT2D eigenvalue weighted by molar-refractivity contribution is -0.138. The van der Waals surface area contributed by atoms with Crippen molar-refractivity contribution in [1.82, 2.24) is 24.8 Å². The summed E-state index contributed by atoms with van der Waals surface area (Å²) in [5.74, 6) is 4.57. The number of carbonyl (C=O) groups excluding carboxylic acids is 2. The lowest BCUT2D eigenvalue weighted by atomic mass is 9.97. The molecule has 0 radical (unpaired) electrons. The third-order valence-corrected chi connectivity index (χ3v) is 8.78. The van der Waals surface area contributed by atoms with Crippen molar-refractivity contribution in [3.63, 3.8) is 0 Å². The maximum atomic E-state index is 14.4. The van der Waals surface area contributed by atoms with Crippen LogP contribution in [-0.4, -0.2) is 37.8 Å². The second-order valence-corrected chi connectivity index (χ2v) is 11.6. The number of alkyl halides is 3. The van der Waals surface area contributed by atoms with Gasteiger partial charge in [0.25, 0.3) is 11.8 Å². The summed E-state index contributed by atoms with van der Waals surface area (Å²) in [5.41, 5.74) is 3.05. The Balaban J connectivity index is 1.27. The molecule has 2 aromatic carbocycles. The van der Waals surface area contributed by atoms with Crippen LogP contribution in [0.3, 0.4) is 0 Å². The molecule has 0 saturated heterocycles. The first-order chi connectivity index (χ1) is 20.8. The maximum Gasteiger partial charge on any atom is 0.416 e. The molecule has 218 valence electrons. The summed E-state index contributed by atoms with van der Waals surface area (Å²) in [4.78, 5) is 37.3. The zero-order valence-corrected chi connectivity index (χ0v) is 23.6. The van der Waals surface area contributed by atoms with Gasteiger partial charge in [0.1, 0.15) is 0 Å². The first kappa shape index (κ1) is 27.4. The zero-order chi connectivity index (χ0) is 29.7. The van der Waals surface area contributed by atoms with Crippen molar-refractivity contribution in [2.45, 2.75) is 51.1 Å². The Morgan fingerprint density at radius 2 is 1.95 bits per heavy atom. The highest BCUT2D eigenvalue weighted by molar-refractivity contribution is 7.13. The van der Waals surface area contributed by atoms with E-state index in [1.54, 1.807) is 11.7 Å². The highest BCUT2D eigenvalue weighted by Gasteiger charge is 2.45. The molecule has 12 heteroatoms. The van der Waals surface area contributed by atoms with Crippen LogP contribution in [0.15, 0.2) is 48.2 Å². The molecule has 43 heavy (non-hydrogen) atoms. The van der Waals surface area contributed by atoms with Crippen molar-refractivity contribution < 1.29 is 22.8 Å². The summed E-state index contributed by atoms with van der Waals surface area (Å²) in [6.45, 7) is 1.95. The fourth-order valence-corrected chi connectivity index (χ4v) is 6.60. The van der Waals surface area contributed by atoms with Crippen LogP contribution >= 0.6 is 11.3 Å². The maximum absolute atomic E-state index is 14.4. The van der Waals surface area contributed by atoms with Crippen molar-refractivity contribution in [1.29, 1.82) is 0 Å². The average molecular weight is 603 g/mol. The van der Waals surface area contributed by atoms with Crippen molar-refractivity contribution in [3.05, 3.63) is 98.6 Å². The molecule has 3 aliphatic heterocycles. The van der Waals surface area contributed by atoms with E-state index in [4.69, 9.17) is 0 Å². The quantitative estimate of drug-likeness (QED) is 0.331. The van der Waals surface area contributed by atoms with E-state index in [9.17, 15) is 22.8 Å². The summed E-state index contributed by atoms with van der Waals surface area (Å²) in [6.07, 6.45) is 0.759. The number of amides is 2. The predicted octanol–water partition coefficient (Wildman–Crippen LogP) is 4.69. The van der Waals surface area contributed by atoms with Crippen LogP contribution in [0.4, 0.5) is 18.3 Å². The molecule has 1 atom stereocenters. The fourth-order valence-electron chi connectivity index (χ4n) is 6.07. The van der Waals surface area contributed by atoms with Gasteiger partial charge in [0, 0.05) is 53.6 Å². The largest absolute Gasteiger partial charge is 0.416 e. The Morgan fingerprint density at radius 1 is 1.09 bits per heavy atom. The molecule has 2 N–H and O–H groups in total. The van der Waals surface area contributed by atoms with Gasteiger partial charge in [0.2, 0.25) is 0 Å².